The average molecular weight is 1080 g/mol. The monoisotopic (exact) mass is 1080 g/mol. The Morgan fingerprint density at radius 2 is 0.815 bits per heavy atom. The molecule has 0 unspecified atom stereocenters. The lowest BCUT2D eigenvalue weighted by atomic mass is 9.36. The van der Waals surface area contributed by atoms with E-state index in [-0.39, 0.29) is 33.8 Å². The summed E-state index contributed by atoms with van der Waals surface area (Å²) in [7, 11) is 0. The highest BCUT2D eigenvalue weighted by atomic mass is 32.1. The van der Waals surface area contributed by atoms with Crippen LogP contribution in [-0.4, -0.2) is 6.71 Å². The van der Waals surface area contributed by atoms with E-state index in [0.717, 1.165) is 28.4 Å². The molecule has 2 aliphatic heterocycles. The summed E-state index contributed by atoms with van der Waals surface area (Å²) in [5.41, 5.74) is 24.3. The third-order valence-corrected chi connectivity index (χ3v) is 18.3. The van der Waals surface area contributed by atoms with Gasteiger partial charge < -0.3 is 14.7 Å². The lowest BCUT2D eigenvalue weighted by Gasteiger charge is -2.44. The molecule has 5 heteroatoms. The number of hydrogen-bond acceptors (Lipinski definition) is 4. The van der Waals surface area contributed by atoms with Crippen molar-refractivity contribution in [2.75, 3.05) is 14.7 Å². The Morgan fingerprint density at radius 3 is 1.35 bits per heavy atom. The van der Waals surface area contributed by atoms with Gasteiger partial charge in [-0.1, -0.05) is 219 Å². The van der Waals surface area contributed by atoms with Crippen LogP contribution in [0.4, 0.5) is 51.2 Å². The zero-order valence-electron chi connectivity index (χ0n) is 50.4. The van der Waals surface area contributed by atoms with E-state index in [0.29, 0.717) is 0 Å². The first-order valence-corrected chi connectivity index (χ1v) is 30.0. The third-order valence-electron chi connectivity index (χ3n) is 17.0. The van der Waals surface area contributed by atoms with Crippen molar-refractivity contribution in [2.45, 2.75) is 131 Å². The lowest BCUT2D eigenvalue weighted by molar-refractivity contribution is 0.590. The van der Waals surface area contributed by atoms with Crippen molar-refractivity contribution in [3.8, 4) is 22.3 Å². The summed E-state index contributed by atoms with van der Waals surface area (Å²) in [5.74, 6) is 0. The summed E-state index contributed by atoms with van der Waals surface area (Å²) >= 11 is 1.97. The van der Waals surface area contributed by atoms with Gasteiger partial charge in [-0.3, -0.25) is 0 Å². The van der Waals surface area contributed by atoms with Gasteiger partial charge in [0, 0.05) is 60.2 Å². The molecule has 0 bridgehead atoms. The first-order valence-electron chi connectivity index (χ1n) is 29.2. The van der Waals surface area contributed by atoms with Crippen LogP contribution in [0.5, 0.6) is 0 Å². The molecule has 0 aliphatic carbocycles. The van der Waals surface area contributed by atoms with E-state index in [9.17, 15) is 0 Å². The van der Waals surface area contributed by atoms with E-state index in [1.165, 1.54) is 98.6 Å². The zero-order chi connectivity index (χ0) is 57.1. The number of benzene rings is 9. The van der Waals surface area contributed by atoms with Gasteiger partial charge in [0.2, 0.25) is 0 Å². The molecule has 0 amide bonds. The summed E-state index contributed by atoms with van der Waals surface area (Å²) in [6.07, 6.45) is 0. The second-order valence-electron chi connectivity index (χ2n) is 28.0. The first kappa shape index (κ1) is 54.0. The molecule has 1 aromatic heterocycles. The van der Waals surface area contributed by atoms with E-state index in [1.54, 1.807) is 0 Å². The van der Waals surface area contributed by atoms with Crippen molar-refractivity contribution in [1.29, 1.82) is 0 Å². The number of thiophene rings is 1. The van der Waals surface area contributed by atoms with Crippen molar-refractivity contribution in [3.63, 3.8) is 0 Å². The first-order chi connectivity index (χ1) is 38.3. The predicted octanol–water partition coefficient (Wildman–Crippen LogP) is 20.3. The van der Waals surface area contributed by atoms with Gasteiger partial charge in [0.15, 0.2) is 0 Å². The minimum absolute atomic E-state index is 0.00314. The smallest absolute Gasteiger partial charge is 0.264 e. The van der Waals surface area contributed by atoms with Crippen LogP contribution in [-0.2, 0) is 27.1 Å². The summed E-state index contributed by atoms with van der Waals surface area (Å²) in [6, 6.07) is 77.1. The van der Waals surface area contributed by atoms with Crippen LogP contribution in [0.1, 0.15) is 132 Å². The molecule has 0 radical (unpaired) electrons. The highest BCUT2D eigenvalue weighted by molar-refractivity contribution is 7.33. The second-order valence-corrected chi connectivity index (χ2v) is 29.1. The van der Waals surface area contributed by atoms with Crippen molar-refractivity contribution < 1.29 is 0 Å². The largest absolute Gasteiger partial charge is 0.311 e. The fourth-order valence-electron chi connectivity index (χ4n) is 12.2. The SMILES string of the molecule is CC(C)(C)c1ccc(N(c2ccc(C(C)(C)C)cc2)c2ccc3c(c2)N(c2ccc(C(C)(C)C)cc2-c2ccccc2)c2cc(-c4ccccc4)cc4c2B3c2sc3ccc(C(C)(C)C)cc3c2N4c2ccc(C(C)(C)C)cc2)cc1. The molecular formula is C76H78BN3S. The topological polar surface area (TPSA) is 9.72 Å². The molecule has 0 saturated carbocycles. The van der Waals surface area contributed by atoms with Gasteiger partial charge in [-0.25, -0.2) is 0 Å². The highest BCUT2D eigenvalue weighted by Gasteiger charge is 2.46. The van der Waals surface area contributed by atoms with Crippen LogP contribution in [0.3, 0.4) is 0 Å². The number of nitrogens with zero attached hydrogens (tertiary/aromatic N) is 3. The molecule has 3 nitrogen and oxygen atoms in total. The maximum Gasteiger partial charge on any atom is 0.264 e. The molecule has 9 aromatic carbocycles. The molecular weight excluding hydrogens is 998 g/mol. The minimum atomic E-state index is -0.0778. The van der Waals surface area contributed by atoms with Gasteiger partial charge >= 0.3 is 0 Å². The summed E-state index contributed by atoms with van der Waals surface area (Å²) in [6.45, 7) is 34.7. The quantitative estimate of drug-likeness (QED) is 0.147. The van der Waals surface area contributed by atoms with Crippen LogP contribution in [0.15, 0.2) is 200 Å². The Kier molecular flexibility index (Phi) is 13.0. The van der Waals surface area contributed by atoms with Crippen LogP contribution < -0.4 is 30.4 Å². The van der Waals surface area contributed by atoms with Crippen LogP contribution in [0, 0.1) is 0 Å². The van der Waals surface area contributed by atoms with Gasteiger partial charge in [0.25, 0.3) is 6.71 Å². The van der Waals surface area contributed by atoms with Crippen LogP contribution in [0.25, 0.3) is 32.3 Å². The molecule has 406 valence electrons. The highest BCUT2D eigenvalue weighted by Crippen LogP contribution is 2.52. The Bertz CT molecular complexity index is 3930. The Morgan fingerprint density at radius 1 is 0.358 bits per heavy atom. The van der Waals surface area contributed by atoms with E-state index in [4.69, 9.17) is 0 Å². The standard InChI is InChI=1S/C76H78BN3S/c1-72(2,3)52-26-34-57(35-27-52)78(58-36-28-53(29-37-58)73(4,5)6)60-40-41-63-65(48-60)80(64-42-32-55(75(10,11)12)46-61(64)50-24-20-17-21-25-50)67-45-51(49-22-18-16-19-23-49)44-66-69(67)77(63)71-70(62-47-56(76(13,14)15)33-43-68(62)81-71)79(66)59-38-30-54(31-39-59)74(7,8)9/h16-48H,1-15H3. The molecule has 10 aromatic rings. The Labute approximate surface area is 488 Å². The zero-order valence-corrected chi connectivity index (χ0v) is 51.2. The van der Waals surface area contributed by atoms with E-state index >= 15 is 0 Å². The average Bonchev–Trinajstić information content (AvgIpc) is 4.09. The van der Waals surface area contributed by atoms with Gasteiger partial charge in [0.05, 0.1) is 11.4 Å². The number of fused-ring (bicyclic) bond motifs is 6. The molecule has 0 atom stereocenters. The minimum Gasteiger partial charge on any atom is -0.311 e. The van der Waals surface area contributed by atoms with Gasteiger partial charge in [-0.05, 0) is 167 Å². The second kappa shape index (κ2) is 19.6. The predicted molar refractivity (Wildman–Crippen MR) is 355 cm³/mol. The maximum atomic E-state index is 2.65. The maximum absolute atomic E-state index is 2.65. The van der Waals surface area contributed by atoms with Gasteiger partial charge in [0.1, 0.15) is 0 Å². The summed E-state index contributed by atoms with van der Waals surface area (Å²) in [4.78, 5) is 7.76. The molecule has 12 rings (SSSR count). The fourth-order valence-corrected chi connectivity index (χ4v) is 13.5. The van der Waals surface area contributed by atoms with Crippen LogP contribution >= 0.6 is 11.3 Å². The lowest BCUT2D eigenvalue weighted by Crippen LogP contribution is -2.60. The van der Waals surface area contributed by atoms with Crippen molar-refractivity contribution in [2.24, 2.45) is 0 Å². The molecule has 0 fully saturated rings. The fraction of sp³-hybridized carbons (Fsp3) is 0.263. The van der Waals surface area contributed by atoms with Crippen molar-refractivity contribution in [1.82, 2.24) is 0 Å². The molecule has 0 N–H and O–H groups in total. The summed E-state index contributed by atoms with van der Waals surface area (Å²) < 4.78 is 2.67. The van der Waals surface area contributed by atoms with Crippen molar-refractivity contribution in [3.05, 3.63) is 228 Å². The third kappa shape index (κ3) is 9.80. The molecule has 0 saturated heterocycles. The van der Waals surface area contributed by atoms with Crippen LogP contribution in [0.2, 0.25) is 0 Å². The van der Waals surface area contributed by atoms with Crippen molar-refractivity contribution >= 4 is 95.0 Å². The molecule has 3 heterocycles. The molecule has 2 aliphatic rings. The number of hydrogen-bond donors (Lipinski definition) is 0. The molecule has 81 heavy (non-hydrogen) atoms. The normalized spacial score (nSPS) is 13.5. The van der Waals surface area contributed by atoms with Gasteiger partial charge in [-0.2, -0.15) is 0 Å². The number of anilines is 9. The Balaban J connectivity index is 1.21. The molecule has 0 spiro atoms. The number of rotatable bonds is 7. The van der Waals surface area contributed by atoms with E-state index in [1.807, 2.05) is 11.3 Å². The van der Waals surface area contributed by atoms with E-state index in [2.05, 4.69) is 319 Å². The van der Waals surface area contributed by atoms with E-state index < -0.39 is 0 Å². The Hall–Kier alpha value is -7.60. The summed E-state index contributed by atoms with van der Waals surface area (Å²) in [5, 5.41) is 1.30. The van der Waals surface area contributed by atoms with Gasteiger partial charge in [-0.15, -0.1) is 11.3 Å².